The molecule has 0 aromatic heterocycles. The zero-order chi connectivity index (χ0) is 19.3. The number of carbonyl (C=O) groups is 2. The van der Waals surface area contributed by atoms with Crippen molar-refractivity contribution < 1.29 is 30.0 Å². The third kappa shape index (κ3) is 6.95. The van der Waals surface area contributed by atoms with Gasteiger partial charge in [0.1, 0.15) is 9.65 Å². The maximum absolute atomic E-state index is 10.1. The number of β-amino-alcohol motifs (C(OH)–C–C–N with tert-alkyl or cyclic N) is 1. The van der Waals surface area contributed by atoms with Crippen LogP contribution in [0.2, 0.25) is 0 Å². The Morgan fingerprint density at radius 2 is 1.38 bits per heavy atom. The summed E-state index contributed by atoms with van der Waals surface area (Å²) in [6, 6.07) is 0. The van der Waals surface area contributed by atoms with Gasteiger partial charge in [-0.05, 0) is 40.5 Å². The molecule has 4 N–H and O–H groups in total. The standard InChI is InChI=1S/C11H23NO2.C4H4Br2O4/c1-10(2)7-9(14)8-11(3,4)12(10)5-6-13;5-1(3(7)8)2(6)4(9)10/h9,13-14H,5-8H2,1-4H3;1-2H,(H,7,8)(H,9,10). The number of likely N-dealkylation sites (tertiary alicyclic amines) is 1. The number of hydrogen-bond donors (Lipinski definition) is 4. The maximum atomic E-state index is 10.1. The number of aliphatic hydroxyl groups is 2. The minimum Gasteiger partial charge on any atom is -0.480 e. The summed E-state index contributed by atoms with van der Waals surface area (Å²) in [5, 5.41) is 35.3. The Labute approximate surface area is 159 Å². The van der Waals surface area contributed by atoms with Gasteiger partial charge in [-0.15, -0.1) is 0 Å². The van der Waals surface area contributed by atoms with Crippen LogP contribution >= 0.6 is 31.9 Å². The van der Waals surface area contributed by atoms with Crippen LogP contribution in [-0.2, 0) is 9.59 Å². The molecular weight excluding hydrogens is 450 g/mol. The van der Waals surface area contributed by atoms with E-state index in [1.807, 2.05) is 0 Å². The van der Waals surface area contributed by atoms with E-state index in [-0.39, 0.29) is 23.8 Å². The van der Waals surface area contributed by atoms with Crippen molar-refractivity contribution in [3.05, 3.63) is 0 Å². The molecule has 0 aromatic rings. The van der Waals surface area contributed by atoms with Gasteiger partial charge in [-0.1, -0.05) is 31.9 Å². The van der Waals surface area contributed by atoms with Crippen molar-refractivity contribution in [2.75, 3.05) is 13.2 Å². The Morgan fingerprint density at radius 1 is 1.04 bits per heavy atom. The fourth-order valence-corrected chi connectivity index (χ4v) is 3.67. The number of halogens is 2. The van der Waals surface area contributed by atoms with E-state index in [0.717, 1.165) is 12.8 Å². The van der Waals surface area contributed by atoms with E-state index in [1.165, 1.54) is 0 Å². The molecule has 1 aliphatic heterocycles. The van der Waals surface area contributed by atoms with Crippen LogP contribution in [-0.4, -0.2) is 77.3 Å². The first-order valence-electron chi connectivity index (χ1n) is 7.56. The van der Waals surface area contributed by atoms with Crippen LogP contribution in [0.5, 0.6) is 0 Å². The van der Waals surface area contributed by atoms with Gasteiger partial charge >= 0.3 is 11.9 Å². The van der Waals surface area contributed by atoms with E-state index < -0.39 is 21.6 Å². The molecule has 1 heterocycles. The lowest BCUT2D eigenvalue weighted by Gasteiger charge is -2.54. The molecule has 0 aliphatic carbocycles. The lowest BCUT2D eigenvalue weighted by Crippen LogP contribution is -2.62. The van der Waals surface area contributed by atoms with Gasteiger partial charge in [-0.25, -0.2) is 0 Å². The van der Waals surface area contributed by atoms with E-state index in [9.17, 15) is 14.7 Å². The highest BCUT2D eigenvalue weighted by molar-refractivity contribution is 9.12. The summed E-state index contributed by atoms with van der Waals surface area (Å²) in [5.41, 5.74) is -0.0478. The lowest BCUT2D eigenvalue weighted by atomic mass is 9.78. The third-order valence-corrected chi connectivity index (χ3v) is 6.53. The highest BCUT2D eigenvalue weighted by Crippen LogP contribution is 2.37. The van der Waals surface area contributed by atoms with Crippen LogP contribution in [0.1, 0.15) is 40.5 Å². The highest BCUT2D eigenvalue weighted by Gasteiger charge is 2.44. The van der Waals surface area contributed by atoms with Crippen LogP contribution < -0.4 is 0 Å². The van der Waals surface area contributed by atoms with Gasteiger partial charge in [0.2, 0.25) is 0 Å². The number of alkyl halides is 2. The first-order chi connectivity index (χ1) is 10.8. The number of carboxylic acid groups (broad SMARTS) is 2. The lowest BCUT2D eigenvalue weighted by molar-refractivity contribution is -0.142. The van der Waals surface area contributed by atoms with E-state index in [4.69, 9.17) is 15.3 Å². The van der Waals surface area contributed by atoms with Crippen molar-refractivity contribution >= 4 is 43.8 Å². The molecule has 9 heteroatoms. The molecule has 0 radical (unpaired) electrons. The first-order valence-corrected chi connectivity index (χ1v) is 9.40. The number of piperidine rings is 1. The minimum absolute atomic E-state index is 0.0239. The average molecular weight is 477 g/mol. The van der Waals surface area contributed by atoms with Gasteiger partial charge in [0.05, 0.1) is 12.7 Å². The molecule has 1 saturated heterocycles. The zero-order valence-electron chi connectivity index (χ0n) is 14.4. The maximum Gasteiger partial charge on any atom is 0.319 e. The van der Waals surface area contributed by atoms with Crippen molar-refractivity contribution in [3.63, 3.8) is 0 Å². The van der Waals surface area contributed by atoms with Gasteiger partial charge in [-0.2, -0.15) is 0 Å². The van der Waals surface area contributed by atoms with E-state index in [2.05, 4.69) is 64.5 Å². The molecule has 0 aromatic carbocycles. The quantitative estimate of drug-likeness (QED) is 0.445. The Kier molecular flexibility index (Phi) is 9.38. The van der Waals surface area contributed by atoms with Crippen molar-refractivity contribution in [2.45, 2.75) is 67.4 Å². The van der Waals surface area contributed by atoms with Crippen LogP contribution in [0.25, 0.3) is 0 Å². The summed E-state index contributed by atoms with van der Waals surface area (Å²) < 4.78 is 0. The second kappa shape index (κ2) is 9.47. The monoisotopic (exact) mass is 475 g/mol. The molecule has 0 saturated carbocycles. The summed E-state index contributed by atoms with van der Waals surface area (Å²) in [7, 11) is 0. The third-order valence-electron chi connectivity index (χ3n) is 3.98. The Bertz CT molecular complexity index is 408. The number of aliphatic hydroxyl groups excluding tert-OH is 2. The molecule has 24 heavy (non-hydrogen) atoms. The smallest absolute Gasteiger partial charge is 0.319 e. The molecule has 7 nitrogen and oxygen atoms in total. The Balaban J connectivity index is 0.000000470. The molecule has 0 amide bonds. The largest absolute Gasteiger partial charge is 0.480 e. The van der Waals surface area contributed by atoms with Gasteiger partial charge < -0.3 is 20.4 Å². The van der Waals surface area contributed by atoms with Crippen molar-refractivity contribution in [1.82, 2.24) is 4.90 Å². The fourth-order valence-electron chi connectivity index (χ4n) is 3.22. The Hall–Kier alpha value is -0.220. The minimum atomic E-state index is -1.20. The molecular formula is C15H27Br2NO6. The second-order valence-corrected chi connectivity index (χ2v) is 9.02. The topological polar surface area (TPSA) is 118 Å². The van der Waals surface area contributed by atoms with Gasteiger partial charge in [0, 0.05) is 17.6 Å². The number of carboxylic acids is 2. The highest BCUT2D eigenvalue weighted by atomic mass is 79.9. The normalized spacial score (nSPS) is 22.8. The first kappa shape index (κ1) is 23.8. The van der Waals surface area contributed by atoms with Crippen LogP contribution in [0.3, 0.4) is 0 Å². The summed E-state index contributed by atoms with van der Waals surface area (Å²) in [5.74, 6) is -2.41. The molecule has 0 bridgehead atoms. The number of rotatable bonds is 5. The molecule has 1 rings (SSSR count). The molecule has 1 fully saturated rings. The van der Waals surface area contributed by atoms with Gasteiger partial charge in [0.25, 0.3) is 0 Å². The summed E-state index contributed by atoms with van der Waals surface area (Å²) >= 11 is 5.36. The number of nitrogens with zero attached hydrogens (tertiary/aromatic N) is 1. The van der Waals surface area contributed by atoms with E-state index in [1.54, 1.807) is 0 Å². The van der Waals surface area contributed by atoms with Crippen molar-refractivity contribution in [2.24, 2.45) is 0 Å². The van der Waals surface area contributed by atoms with Crippen LogP contribution in [0.15, 0.2) is 0 Å². The van der Waals surface area contributed by atoms with Gasteiger partial charge in [0.15, 0.2) is 0 Å². The fraction of sp³-hybridized carbons (Fsp3) is 0.867. The molecule has 2 unspecified atom stereocenters. The SMILES string of the molecule is CC1(C)CC(O)CC(C)(C)N1CCO.O=C(O)C(Br)C(Br)C(=O)O. The molecule has 142 valence electrons. The summed E-state index contributed by atoms with van der Waals surface area (Å²) in [6.07, 6.45) is 1.36. The van der Waals surface area contributed by atoms with E-state index in [0.29, 0.717) is 6.54 Å². The predicted octanol–water partition coefficient (Wildman–Crippen LogP) is 1.68. The van der Waals surface area contributed by atoms with Crippen molar-refractivity contribution in [3.8, 4) is 0 Å². The predicted molar refractivity (Wildman–Crippen MR) is 97.9 cm³/mol. The number of hydrogen-bond acceptors (Lipinski definition) is 5. The second-order valence-electron chi connectivity index (χ2n) is 7.04. The zero-order valence-corrected chi connectivity index (χ0v) is 17.5. The van der Waals surface area contributed by atoms with Crippen LogP contribution in [0.4, 0.5) is 0 Å². The molecule has 2 atom stereocenters. The molecule has 1 aliphatic rings. The van der Waals surface area contributed by atoms with Gasteiger partial charge in [-0.3, -0.25) is 14.5 Å². The van der Waals surface area contributed by atoms with E-state index >= 15 is 0 Å². The van der Waals surface area contributed by atoms with Crippen LogP contribution in [0, 0.1) is 0 Å². The number of aliphatic carboxylic acids is 2. The summed E-state index contributed by atoms with van der Waals surface area (Å²) in [6.45, 7) is 9.40. The molecule has 0 spiro atoms. The average Bonchev–Trinajstić information content (AvgIpc) is 2.40. The van der Waals surface area contributed by atoms with Crippen molar-refractivity contribution in [1.29, 1.82) is 0 Å². The Morgan fingerprint density at radius 3 is 1.62 bits per heavy atom. The summed E-state index contributed by atoms with van der Waals surface area (Å²) in [4.78, 5) is 20.3.